The van der Waals surface area contributed by atoms with Gasteiger partial charge in [0, 0.05) is 18.1 Å². The van der Waals surface area contributed by atoms with Crippen LogP contribution in [0.15, 0.2) is 18.2 Å². The third-order valence-electron chi connectivity index (χ3n) is 2.71. The van der Waals surface area contributed by atoms with Crippen LogP contribution >= 0.6 is 11.6 Å². The van der Waals surface area contributed by atoms with Crippen LogP contribution in [0.5, 0.6) is 0 Å². The Balaban J connectivity index is 2.20. The molecule has 17 heavy (non-hydrogen) atoms. The molecular weight excluding hydrogens is 249 g/mol. The fourth-order valence-corrected chi connectivity index (χ4v) is 1.93. The summed E-state index contributed by atoms with van der Waals surface area (Å²) in [5.74, 6) is -1.27. The topological polar surface area (TPSA) is 60.8 Å². The highest BCUT2D eigenvalue weighted by atomic mass is 35.5. The highest BCUT2D eigenvalue weighted by molar-refractivity contribution is 6.30. The predicted molar refractivity (Wildman–Crippen MR) is 59.3 cm³/mol. The minimum absolute atomic E-state index is 0.00205. The number of hydrogen-bond acceptors (Lipinski definition) is 3. The van der Waals surface area contributed by atoms with E-state index in [4.69, 9.17) is 11.6 Å². The Morgan fingerprint density at radius 2 is 1.94 bits per heavy atom. The molecule has 0 aromatic heterocycles. The lowest BCUT2D eigenvalue weighted by Gasteiger charge is -2.15. The largest absolute Gasteiger partial charge is 0.388 e. The smallest absolute Gasteiger partial charge is 0.257 e. The van der Waals surface area contributed by atoms with Crippen LogP contribution in [0.2, 0.25) is 5.02 Å². The van der Waals surface area contributed by atoms with Gasteiger partial charge >= 0.3 is 0 Å². The average molecular weight is 260 g/mol. The van der Waals surface area contributed by atoms with Crippen molar-refractivity contribution in [2.75, 3.05) is 13.1 Å². The molecule has 1 amide bonds. The molecule has 1 aliphatic heterocycles. The minimum atomic E-state index is -0.977. The van der Waals surface area contributed by atoms with Crippen LogP contribution in [0.4, 0.5) is 4.39 Å². The molecule has 1 heterocycles. The summed E-state index contributed by atoms with van der Waals surface area (Å²) in [6.45, 7) is 0.00410. The first-order valence-electron chi connectivity index (χ1n) is 5.09. The Kier molecular flexibility index (Phi) is 3.33. The van der Waals surface area contributed by atoms with Crippen molar-refractivity contribution in [2.24, 2.45) is 0 Å². The zero-order valence-corrected chi connectivity index (χ0v) is 9.56. The van der Waals surface area contributed by atoms with Crippen LogP contribution in [0, 0.1) is 5.82 Å². The van der Waals surface area contributed by atoms with E-state index in [1.165, 1.54) is 17.0 Å². The average Bonchev–Trinajstić information content (AvgIpc) is 2.58. The summed E-state index contributed by atoms with van der Waals surface area (Å²) >= 11 is 5.58. The molecule has 92 valence electrons. The highest BCUT2D eigenvalue weighted by Crippen LogP contribution is 2.19. The second-order valence-corrected chi connectivity index (χ2v) is 4.41. The summed E-state index contributed by atoms with van der Waals surface area (Å²) in [4.78, 5) is 13.1. The molecule has 0 unspecified atom stereocenters. The molecule has 2 rings (SSSR count). The normalized spacial score (nSPS) is 24.1. The van der Waals surface area contributed by atoms with Crippen molar-refractivity contribution < 1.29 is 19.4 Å². The van der Waals surface area contributed by atoms with Gasteiger partial charge in [-0.1, -0.05) is 11.6 Å². The molecule has 0 aliphatic carbocycles. The quantitative estimate of drug-likeness (QED) is 0.779. The van der Waals surface area contributed by atoms with Crippen molar-refractivity contribution in [1.29, 1.82) is 0 Å². The number of β-amino-alcohol motifs (C(OH)–C–C–N with tert-alkyl or cyclic N) is 2. The molecule has 2 atom stereocenters. The maximum absolute atomic E-state index is 13.5. The standard InChI is InChI=1S/C11H11ClFNO3/c12-6-1-2-7(8(13)3-6)11(17)14-4-9(15)10(16)5-14/h1-3,9-10,15-16H,4-5H2/t9-,10+. The number of rotatable bonds is 1. The Hall–Kier alpha value is -1.17. The molecule has 1 aliphatic rings. The first-order valence-corrected chi connectivity index (χ1v) is 5.47. The lowest BCUT2D eigenvalue weighted by molar-refractivity contribution is 0.0572. The van der Waals surface area contributed by atoms with Gasteiger partial charge in [0.15, 0.2) is 0 Å². The third kappa shape index (κ3) is 2.41. The molecular formula is C11H11ClFNO3. The van der Waals surface area contributed by atoms with Gasteiger partial charge in [0.2, 0.25) is 0 Å². The number of aliphatic hydroxyl groups is 2. The Bertz CT molecular complexity index is 444. The van der Waals surface area contributed by atoms with Crippen molar-refractivity contribution in [3.05, 3.63) is 34.6 Å². The van der Waals surface area contributed by atoms with Crippen LogP contribution in [0.1, 0.15) is 10.4 Å². The van der Waals surface area contributed by atoms with Crippen LogP contribution in [0.25, 0.3) is 0 Å². The van der Waals surface area contributed by atoms with E-state index >= 15 is 0 Å². The first-order chi connectivity index (χ1) is 7.99. The number of halogens is 2. The third-order valence-corrected chi connectivity index (χ3v) is 2.94. The van der Waals surface area contributed by atoms with Crippen molar-refractivity contribution in [3.8, 4) is 0 Å². The van der Waals surface area contributed by atoms with Gasteiger partial charge < -0.3 is 15.1 Å². The minimum Gasteiger partial charge on any atom is -0.388 e. The monoisotopic (exact) mass is 259 g/mol. The highest BCUT2D eigenvalue weighted by Gasteiger charge is 2.33. The summed E-state index contributed by atoms with van der Waals surface area (Å²) in [7, 11) is 0. The van der Waals surface area contributed by atoms with E-state index in [0.29, 0.717) is 0 Å². The molecule has 0 saturated carbocycles. The molecule has 0 bridgehead atoms. The van der Waals surface area contributed by atoms with Crippen LogP contribution in [-0.2, 0) is 0 Å². The molecule has 1 aromatic rings. The van der Waals surface area contributed by atoms with Gasteiger partial charge in [-0.2, -0.15) is 0 Å². The van der Waals surface area contributed by atoms with Gasteiger partial charge in [-0.15, -0.1) is 0 Å². The van der Waals surface area contributed by atoms with E-state index in [9.17, 15) is 19.4 Å². The molecule has 2 N–H and O–H groups in total. The van der Waals surface area contributed by atoms with Crippen molar-refractivity contribution >= 4 is 17.5 Å². The summed E-state index contributed by atoms with van der Waals surface area (Å²) in [6, 6.07) is 3.76. The summed E-state index contributed by atoms with van der Waals surface area (Å²) in [6.07, 6.45) is -1.95. The van der Waals surface area contributed by atoms with E-state index < -0.39 is 23.9 Å². The second kappa shape index (κ2) is 4.60. The molecule has 0 radical (unpaired) electrons. The number of carbonyl (C=O) groups is 1. The SMILES string of the molecule is O=C(c1ccc(Cl)cc1F)N1C[C@@H](O)[C@@H](O)C1. The Morgan fingerprint density at radius 3 is 2.47 bits per heavy atom. The van der Waals surface area contributed by atoms with Crippen molar-refractivity contribution in [2.45, 2.75) is 12.2 Å². The van der Waals surface area contributed by atoms with E-state index in [1.54, 1.807) is 0 Å². The van der Waals surface area contributed by atoms with Crippen LogP contribution in [-0.4, -0.2) is 46.3 Å². The lowest BCUT2D eigenvalue weighted by atomic mass is 10.2. The van der Waals surface area contributed by atoms with Gasteiger partial charge in [-0.25, -0.2) is 4.39 Å². The van der Waals surface area contributed by atoms with Gasteiger partial charge in [-0.05, 0) is 18.2 Å². The van der Waals surface area contributed by atoms with E-state index in [0.717, 1.165) is 6.07 Å². The van der Waals surface area contributed by atoms with Gasteiger partial charge in [0.05, 0.1) is 17.8 Å². The summed E-state index contributed by atoms with van der Waals surface area (Å²) < 4.78 is 13.5. The van der Waals surface area contributed by atoms with Gasteiger partial charge in [-0.3, -0.25) is 4.79 Å². The molecule has 1 fully saturated rings. The van der Waals surface area contributed by atoms with Crippen molar-refractivity contribution in [1.82, 2.24) is 4.90 Å². The zero-order valence-electron chi connectivity index (χ0n) is 8.81. The van der Waals surface area contributed by atoms with Gasteiger partial charge in [0.1, 0.15) is 5.82 Å². The lowest BCUT2D eigenvalue weighted by Crippen LogP contribution is -2.30. The summed E-state index contributed by atoms with van der Waals surface area (Å²) in [5.41, 5.74) is -0.115. The maximum Gasteiger partial charge on any atom is 0.257 e. The number of nitrogens with zero attached hydrogens (tertiary/aromatic N) is 1. The van der Waals surface area contributed by atoms with Crippen LogP contribution < -0.4 is 0 Å². The Morgan fingerprint density at radius 1 is 1.35 bits per heavy atom. The fourth-order valence-electron chi connectivity index (χ4n) is 1.77. The van der Waals surface area contributed by atoms with E-state index in [1.807, 2.05) is 0 Å². The second-order valence-electron chi connectivity index (χ2n) is 3.97. The number of carbonyl (C=O) groups excluding carboxylic acids is 1. The van der Waals surface area contributed by atoms with E-state index in [-0.39, 0.29) is 23.7 Å². The Labute approximate surface area is 102 Å². The first kappa shape index (κ1) is 12.3. The number of aliphatic hydroxyl groups excluding tert-OH is 2. The number of amides is 1. The maximum atomic E-state index is 13.5. The molecule has 1 saturated heterocycles. The number of likely N-dealkylation sites (tertiary alicyclic amines) is 1. The van der Waals surface area contributed by atoms with Crippen LogP contribution in [0.3, 0.4) is 0 Å². The molecule has 6 heteroatoms. The molecule has 4 nitrogen and oxygen atoms in total. The summed E-state index contributed by atoms with van der Waals surface area (Å²) in [5, 5.41) is 18.8. The van der Waals surface area contributed by atoms with E-state index in [2.05, 4.69) is 0 Å². The number of hydrogen-bond donors (Lipinski definition) is 2. The molecule has 1 aromatic carbocycles. The fraction of sp³-hybridized carbons (Fsp3) is 0.364. The molecule has 0 spiro atoms. The number of benzene rings is 1. The zero-order chi connectivity index (χ0) is 12.6. The van der Waals surface area contributed by atoms with Crippen molar-refractivity contribution in [3.63, 3.8) is 0 Å². The van der Waals surface area contributed by atoms with Gasteiger partial charge in [0.25, 0.3) is 5.91 Å². The predicted octanol–water partition coefficient (Wildman–Crippen LogP) is 0.657.